The lowest BCUT2D eigenvalue weighted by Crippen LogP contribution is -2.50. The van der Waals surface area contributed by atoms with Crippen LogP contribution in [-0.2, 0) is 0 Å². The van der Waals surface area contributed by atoms with Crippen LogP contribution in [0.1, 0.15) is 20.8 Å². The molecule has 1 aromatic heterocycles. The Morgan fingerprint density at radius 2 is 1.58 bits per heavy atom. The number of rotatable bonds is 2. The molecule has 0 radical (unpaired) electrons. The quantitative estimate of drug-likeness (QED) is 0.823. The smallest absolute Gasteiger partial charge is 0.272 e. The number of carbonyl (C=O) groups excluding carboxylic acids is 2. The molecule has 1 aliphatic heterocycles. The van der Waals surface area contributed by atoms with Gasteiger partial charge in [0.1, 0.15) is 5.69 Å². The van der Waals surface area contributed by atoms with Gasteiger partial charge in [-0.3, -0.25) is 14.6 Å². The van der Waals surface area contributed by atoms with Crippen molar-refractivity contribution < 1.29 is 9.59 Å². The molecule has 1 saturated heterocycles. The van der Waals surface area contributed by atoms with Gasteiger partial charge in [-0.25, -0.2) is 0 Å². The minimum Gasteiger partial charge on any atom is -0.335 e. The summed E-state index contributed by atoms with van der Waals surface area (Å²) in [5.41, 5.74) is 0.837. The van der Waals surface area contributed by atoms with Gasteiger partial charge in [-0.1, -0.05) is 29.3 Å². The third-order valence-corrected chi connectivity index (χ3v) is 4.45. The van der Waals surface area contributed by atoms with E-state index in [4.69, 9.17) is 23.2 Å². The Kier molecular flexibility index (Phi) is 5.02. The van der Waals surface area contributed by atoms with Crippen LogP contribution in [0.15, 0.2) is 42.6 Å². The summed E-state index contributed by atoms with van der Waals surface area (Å²) >= 11 is 12.0. The Morgan fingerprint density at radius 1 is 0.917 bits per heavy atom. The Hall–Kier alpha value is -2.11. The van der Waals surface area contributed by atoms with Gasteiger partial charge in [0.05, 0.1) is 10.6 Å². The van der Waals surface area contributed by atoms with E-state index in [0.29, 0.717) is 47.5 Å². The van der Waals surface area contributed by atoms with E-state index in [-0.39, 0.29) is 11.8 Å². The highest BCUT2D eigenvalue weighted by atomic mass is 35.5. The Morgan fingerprint density at radius 3 is 2.17 bits per heavy atom. The zero-order valence-electron chi connectivity index (χ0n) is 12.8. The molecule has 0 spiro atoms. The average Bonchev–Trinajstić information content (AvgIpc) is 2.61. The van der Waals surface area contributed by atoms with Crippen LogP contribution in [0.2, 0.25) is 10.0 Å². The van der Waals surface area contributed by atoms with E-state index in [0.717, 1.165) is 0 Å². The highest BCUT2D eigenvalue weighted by Gasteiger charge is 2.26. The van der Waals surface area contributed by atoms with E-state index in [1.165, 1.54) is 0 Å². The van der Waals surface area contributed by atoms with E-state index < -0.39 is 0 Å². The number of halogens is 2. The summed E-state index contributed by atoms with van der Waals surface area (Å²) in [5, 5.41) is 0.821. The summed E-state index contributed by atoms with van der Waals surface area (Å²) in [6, 6.07) is 10.1. The molecule has 1 fully saturated rings. The van der Waals surface area contributed by atoms with Gasteiger partial charge < -0.3 is 9.80 Å². The molecule has 1 aromatic carbocycles. The van der Waals surface area contributed by atoms with E-state index in [1.54, 1.807) is 52.4 Å². The Labute approximate surface area is 149 Å². The summed E-state index contributed by atoms with van der Waals surface area (Å²) < 4.78 is 0. The Bertz CT molecular complexity index is 760. The lowest BCUT2D eigenvalue weighted by molar-refractivity contribution is 0.0532. The van der Waals surface area contributed by atoms with Crippen LogP contribution in [0.5, 0.6) is 0 Å². The van der Waals surface area contributed by atoms with E-state index in [2.05, 4.69) is 4.98 Å². The summed E-state index contributed by atoms with van der Waals surface area (Å²) in [7, 11) is 0. The number of nitrogens with zero attached hydrogens (tertiary/aromatic N) is 3. The van der Waals surface area contributed by atoms with Crippen molar-refractivity contribution in [1.29, 1.82) is 0 Å². The number of piperazine rings is 1. The maximum Gasteiger partial charge on any atom is 0.272 e. The molecule has 7 heteroatoms. The van der Waals surface area contributed by atoms with Crippen LogP contribution in [0, 0.1) is 0 Å². The first-order valence-electron chi connectivity index (χ1n) is 7.51. The summed E-state index contributed by atoms with van der Waals surface area (Å²) in [5.74, 6) is -0.270. The average molecular weight is 364 g/mol. The first-order chi connectivity index (χ1) is 11.6. The molecule has 0 aliphatic carbocycles. The molecule has 0 saturated carbocycles. The second-order valence-electron chi connectivity index (χ2n) is 5.42. The highest BCUT2D eigenvalue weighted by Crippen LogP contribution is 2.23. The third kappa shape index (κ3) is 3.52. The number of aromatic nitrogens is 1. The van der Waals surface area contributed by atoms with Crippen LogP contribution in [0.4, 0.5) is 0 Å². The second-order valence-corrected chi connectivity index (χ2v) is 6.27. The number of amides is 2. The summed E-state index contributed by atoms with van der Waals surface area (Å²) in [6.45, 7) is 1.84. The first-order valence-corrected chi connectivity index (χ1v) is 8.26. The van der Waals surface area contributed by atoms with Gasteiger partial charge in [0.15, 0.2) is 0 Å². The molecular weight excluding hydrogens is 349 g/mol. The molecule has 2 heterocycles. The SMILES string of the molecule is O=C(c1ccccn1)N1CCN(C(=O)c2ccc(Cl)cc2Cl)CC1. The topological polar surface area (TPSA) is 53.5 Å². The van der Waals surface area contributed by atoms with E-state index in [9.17, 15) is 9.59 Å². The van der Waals surface area contributed by atoms with Gasteiger partial charge >= 0.3 is 0 Å². The standard InChI is InChI=1S/C17H15Cl2N3O2/c18-12-4-5-13(14(19)11-12)16(23)21-7-9-22(10-8-21)17(24)15-3-1-2-6-20-15/h1-6,11H,7-10H2. The largest absolute Gasteiger partial charge is 0.335 e. The molecule has 0 bridgehead atoms. The fraction of sp³-hybridized carbons (Fsp3) is 0.235. The molecule has 24 heavy (non-hydrogen) atoms. The van der Waals surface area contributed by atoms with Crippen molar-refractivity contribution in [2.24, 2.45) is 0 Å². The zero-order valence-corrected chi connectivity index (χ0v) is 14.3. The molecule has 2 amide bonds. The monoisotopic (exact) mass is 363 g/mol. The van der Waals surface area contributed by atoms with Crippen LogP contribution in [-0.4, -0.2) is 52.8 Å². The van der Waals surface area contributed by atoms with Gasteiger partial charge in [-0.05, 0) is 30.3 Å². The van der Waals surface area contributed by atoms with Crippen molar-refractivity contribution in [2.45, 2.75) is 0 Å². The summed E-state index contributed by atoms with van der Waals surface area (Å²) in [6.07, 6.45) is 1.59. The minimum absolute atomic E-state index is 0.118. The number of carbonyl (C=O) groups is 2. The van der Waals surface area contributed by atoms with Crippen molar-refractivity contribution in [2.75, 3.05) is 26.2 Å². The zero-order chi connectivity index (χ0) is 17.1. The predicted molar refractivity (Wildman–Crippen MR) is 92.5 cm³/mol. The molecule has 124 valence electrons. The molecule has 5 nitrogen and oxygen atoms in total. The number of benzene rings is 1. The van der Waals surface area contributed by atoms with Gasteiger partial charge in [0, 0.05) is 37.4 Å². The molecular formula is C17H15Cl2N3O2. The summed E-state index contributed by atoms with van der Waals surface area (Å²) in [4.78, 5) is 32.4. The fourth-order valence-corrected chi connectivity index (χ4v) is 3.09. The normalized spacial score (nSPS) is 14.6. The fourth-order valence-electron chi connectivity index (χ4n) is 2.60. The number of hydrogen-bond acceptors (Lipinski definition) is 3. The van der Waals surface area contributed by atoms with Gasteiger partial charge in [-0.2, -0.15) is 0 Å². The maximum absolute atomic E-state index is 12.6. The van der Waals surface area contributed by atoms with Gasteiger partial charge in [0.2, 0.25) is 0 Å². The predicted octanol–water partition coefficient (Wildman–Crippen LogP) is 2.99. The van der Waals surface area contributed by atoms with E-state index >= 15 is 0 Å². The van der Waals surface area contributed by atoms with Crippen molar-refractivity contribution in [3.8, 4) is 0 Å². The van der Waals surface area contributed by atoms with Crippen LogP contribution in [0.25, 0.3) is 0 Å². The first kappa shape index (κ1) is 16.7. The van der Waals surface area contributed by atoms with Crippen LogP contribution >= 0.6 is 23.2 Å². The molecule has 2 aromatic rings. The number of hydrogen-bond donors (Lipinski definition) is 0. The molecule has 0 N–H and O–H groups in total. The second kappa shape index (κ2) is 7.20. The number of pyridine rings is 1. The van der Waals surface area contributed by atoms with Crippen molar-refractivity contribution in [3.63, 3.8) is 0 Å². The minimum atomic E-state index is -0.151. The van der Waals surface area contributed by atoms with Crippen LogP contribution < -0.4 is 0 Å². The molecule has 0 atom stereocenters. The van der Waals surface area contributed by atoms with Gasteiger partial charge in [0.25, 0.3) is 11.8 Å². The lowest BCUT2D eigenvalue weighted by atomic mass is 10.1. The van der Waals surface area contributed by atoms with Gasteiger partial charge in [-0.15, -0.1) is 0 Å². The highest BCUT2D eigenvalue weighted by molar-refractivity contribution is 6.36. The third-order valence-electron chi connectivity index (χ3n) is 3.90. The van der Waals surface area contributed by atoms with Crippen molar-refractivity contribution >= 4 is 35.0 Å². The molecule has 3 rings (SSSR count). The van der Waals surface area contributed by atoms with Crippen molar-refractivity contribution in [3.05, 3.63) is 63.9 Å². The van der Waals surface area contributed by atoms with Crippen molar-refractivity contribution in [1.82, 2.24) is 14.8 Å². The molecule has 1 aliphatic rings. The lowest BCUT2D eigenvalue weighted by Gasteiger charge is -2.34. The van der Waals surface area contributed by atoms with Crippen LogP contribution in [0.3, 0.4) is 0 Å². The molecule has 0 unspecified atom stereocenters. The maximum atomic E-state index is 12.6. The van der Waals surface area contributed by atoms with E-state index in [1.807, 2.05) is 0 Å². The Balaban J connectivity index is 1.64.